The van der Waals surface area contributed by atoms with E-state index in [4.69, 9.17) is 15.2 Å². The van der Waals surface area contributed by atoms with Gasteiger partial charge in [-0.05, 0) is 31.3 Å². The molecule has 11 nitrogen and oxygen atoms in total. The highest BCUT2D eigenvalue weighted by molar-refractivity contribution is 7.98. The number of amides is 1. The average Bonchev–Trinajstić information content (AvgIpc) is 3.39. The number of rotatable bonds is 8. The molecule has 2 aliphatic rings. The number of aromatic nitrogens is 2. The van der Waals surface area contributed by atoms with Crippen molar-refractivity contribution in [3.63, 3.8) is 0 Å². The second-order valence-corrected chi connectivity index (χ2v) is 8.77. The van der Waals surface area contributed by atoms with Gasteiger partial charge in [0.05, 0.1) is 18.3 Å². The van der Waals surface area contributed by atoms with Crippen LogP contribution in [0.25, 0.3) is 0 Å². The van der Waals surface area contributed by atoms with Crippen LogP contribution in [0.1, 0.15) is 31.9 Å². The first-order valence-electron chi connectivity index (χ1n) is 10.3. The van der Waals surface area contributed by atoms with Gasteiger partial charge >= 0.3 is 11.7 Å². The number of nitrogens with one attached hydrogen (secondary N) is 1. The minimum atomic E-state index is -1.17. The molecule has 0 radical (unpaired) electrons. The highest BCUT2D eigenvalue weighted by Gasteiger charge is 2.40. The Labute approximate surface area is 187 Å². The Balaban J connectivity index is 1.57. The molecule has 3 rings (SSSR count). The fourth-order valence-corrected chi connectivity index (χ4v) is 4.32. The van der Waals surface area contributed by atoms with Crippen molar-refractivity contribution in [1.82, 2.24) is 14.5 Å². The molecule has 0 unspecified atom stereocenters. The number of aliphatic hydroxyl groups is 1. The van der Waals surface area contributed by atoms with Gasteiger partial charge in [-0.25, -0.2) is 9.59 Å². The van der Waals surface area contributed by atoms with Crippen LogP contribution in [-0.4, -0.2) is 80.9 Å². The maximum Gasteiger partial charge on any atom is 0.330 e. The van der Waals surface area contributed by atoms with Crippen LogP contribution in [0, 0.1) is 5.82 Å². The summed E-state index contributed by atoms with van der Waals surface area (Å²) in [5.74, 6) is -1.36. The number of ether oxygens (including phenoxy) is 2. The minimum absolute atomic E-state index is 0.0636. The maximum absolute atomic E-state index is 13.5. The molecule has 0 aliphatic carbocycles. The third-order valence-corrected chi connectivity index (χ3v) is 6.23. The van der Waals surface area contributed by atoms with Crippen LogP contribution >= 0.6 is 11.8 Å². The topological polar surface area (TPSA) is 157 Å². The molecular formula is C19H27FN4O7S. The van der Waals surface area contributed by atoms with Crippen molar-refractivity contribution < 1.29 is 28.6 Å². The van der Waals surface area contributed by atoms with E-state index < -0.39 is 53.6 Å². The number of thioether (sulfide) groups is 1. The molecule has 1 aromatic heterocycles. The number of nitrogens with zero attached hydrogens (tertiary/aromatic N) is 2. The fraction of sp³-hybridized carbons (Fsp3) is 0.684. The minimum Gasteiger partial charge on any atom is -0.461 e. The first-order chi connectivity index (χ1) is 15.2. The van der Waals surface area contributed by atoms with Gasteiger partial charge in [0.15, 0.2) is 0 Å². The first-order valence-corrected chi connectivity index (χ1v) is 11.7. The molecule has 0 spiro atoms. The van der Waals surface area contributed by atoms with Gasteiger partial charge in [-0.3, -0.25) is 19.1 Å². The number of carbonyl (C=O) groups is 2. The zero-order valence-corrected chi connectivity index (χ0v) is 18.4. The van der Waals surface area contributed by atoms with Crippen molar-refractivity contribution in [2.75, 3.05) is 25.2 Å². The van der Waals surface area contributed by atoms with Crippen molar-refractivity contribution in [2.45, 2.75) is 56.2 Å². The van der Waals surface area contributed by atoms with Crippen molar-refractivity contribution in [2.24, 2.45) is 5.73 Å². The molecule has 2 saturated heterocycles. The SMILES string of the molecule is CSCC[C@H](N)C(=O)N1CCC[C@H]1C(=O)OC[C@H]1O[C@@H](n2cc(F)c(=O)[nH]c2=O)C[C@@H]1O. The number of likely N-dealkylation sites (tertiary alicyclic amines) is 1. The lowest BCUT2D eigenvalue weighted by molar-refractivity contribution is -0.158. The maximum atomic E-state index is 13.5. The van der Waals surface area contributed by atoms with Crippen molar-refractivity contribution in [3.8, 4) is 0 Å². The zero-order valence-electron chi connectivity index (χ0n) is 17.6. The summed E-state index contributed by atoms with van der Waals surface area (Å²) >= 11 is 1.58. The Morgan fingerprint density at radius 2 is 2.22 bits per heavy atom. The Morgan fingerprint density at radius 3 is 2.94 bits per heavy atom. The number of aliphatic hydroxyl groups excluding tert-OH is 1. The van der Waals surface area contributed by atoms with Crippen LogP contribution in [0.3, 0.4) is 0 Å². The van der Waals surface area contributed by atoms with Crippen LogP contribution in [-0.2, 0) is 19.1 Å². The zero-order chi connectivity index (χ0) is 23.4. The molecule has 5 atom stereocenters. The standard InChI is InChI=1S/C19H27FN4O7S/c1-32-6-4-11(21)17(27)23-5-2-3-12(23)18(28)30-9-14-13(25)7-15(31-14)24-8-10(20)16(26)22-19(24)29/h8,11-15,25H,2-7,9,21H2,1H3,(H,22,26,29)/t11-,12-,13-,14+,15+/m0/s1. The summed E-state index contributed by atoms with van der Waals surface area (Å²) in [6.07, 6.45) is 1.08. The third kappa shape index (κ3) is 5.39. The number of H-pyrrole nitrogens is 1. The largest absolute Gasteiger partial charge is 0.461 e. The Kier molecular flexibility index (Phi) is 8.09. The molecule has 178 valence electrons. The first kappa shape index (κ1) is 24.4. The van der Waals surface area contributed by atoms with E-state index in [1.807, 2.05) is 11.2 Å². The van der Waals surface area contributed by atoms with Crippen LogP contribution in [0.4, 0.5) is 4.39 Å². The summed E-state index contributed by atoms with van der Waals surface area (Å²) in [7, 11) is 0. The monoisotopic (exact) mass is 474 g/mol. The summed E-state index contributed by atoms with van der Waals surface area (Å²) < 4.78 is 25.2. The highest BCUT2D eigenvalue weighted by Crippen LogP contribution is 2.28. The number of esters is 1. The highest BCUT2D eigenvalue weighted by atomic mass is 32.2. The Hall–Kier alpha value is -2.22. The van der Waals surface area contributed by atoms with Gasteiger partial charge in [-0.15, -0.1) is 0 Å². The van der Waals surface area contributed by atoms with Gasteiger partial charge in [0.1, 0.15) is 25.0 Å². The summed E-state index contributed by atoms with van der Waals surface area (Å²) in [5, 5.41) is 10.2. The van der Waals surface area contributed by atoms with Gasteiger partial charge in [0.25, 0.3) is 5.56 Å². The number of halogens is 1. The number of carbonyl (C=O) groups excluding carboxylic acids is 2. The molecule has 4 N–H and O–H groups in total. The van der Waals surface area contributed by atoms with Gasteiger partial charge in [0.2, 0.25) is 11.7 Å². The van der Waals surface area contributed by atoms with E-state index in [2.05, 4.69) is 0 Å². The lowest BCUT2D eigenvalue weighted by Gasteiger charge is -2.26. The molecule has 13 heteroatoms. The molecule has 0 bridgehead atoms. The Morgan fingerprint density at radius 1 is 1.47 bits per heavy atom. The lowest BCUT2D eigenvalue weighted by atomic mass is 10.1. The van der Waals surface area contributed by atoms with E-state index >= 15 is 0 Å². The number of nitrogens with two attached hydrogens (primary N) is 1. The normalized spacial score (nSPS) is 26.3. The van der Waals surface area contributed by atoms with Crippen molar-refractivity contribution in [1.29, 1.82) is 0 Å². The van der Waals surface area contributed by atoms with E-state index in [9.17, 15) is 28.7 Å². The molecule has 3 heterocycles. The Bertz CT molecular complexity index is 954. The number of hydrogen-bond donors (Lipinski definition) is 3. The quantitative estimate of drug-likeness (QED) is 0.400. The molecule has 0 aromatic carbocycles. The van der Waals surface area contributed by atoms with Crippen molar-refractivity contribution >= 4 is 23.6 Å². The van der Waals surface area contributed by atoms with Gasteiger partial charge < -0.3 is 25.2 Å². The van der Waals surface area contributed by atoms with Gasteiger partial charge in [0, 0.05) is 13.0 Å². The molecule has 32 heavy (non-hydrogen) atoms. The summed E-state index contributed by atoms with van der Waals surface area (Å²) in [5.41, 5.74) is 3.91. The van der Waals surface area contributed by atoms with Crippen molar-refractivity contribution in [3.05, 3.63) is 32.9 Å². The second kappa shape index (κ2) is 10.6. The predicted octanol–water partition coefficient (Wildman–Crippen LogP) is -1.06. The predicted molar refractivity (Wildman–Crippen MR) is 112 cm³/mol. The molecule has 1 amide bonds. The van der Waals surface area contributed by atoms with Crippen LogP contribution in [0.15, 0.2) is 15.8 Å². The van der Waals surface area contributed by atoms with E-state index in [-0.39, 0.29) is 18.9 Å². The van der Waals surface area contributed by atoms with Gasteiger partial charge in [-0.1, -0.05) is 0 Å². The fourth-order valence-electron chi connectivity index (χ4n) is 3.83. The van der Waals surface area contributed by atoms with E-state index in [0.717, 1.165) is 10.3 Å². The van der Waals surface area contributed by atoms with E-state index in [1.165, 1.54) is 4.90 Å². The molecule has 2 aliphatic heterocycles. The number of hydrogen-bond acceptors (Lipinski definition) is 9. The lowest BCUT2D eigenvalue weighted by Crippen LogP contribution is -2.49. The second-order valence-electron chi connectivity index (χ2n) is 7.78. The van der Waals surface area contributed by atoms with Crippen LogP contribution in [0.5, 0.6) is 0 Å². The summed E-state index contributed by atoms with van der Waals surface area (Å²) in [4.78, 5) is 51.5. The molecule has 0 saturated carbocycles. The van der Waals surface area contributed by atoms with E-state index in [0.29, 0.717) is 32.0 Å². The number of aromatic amines is 1. The average molecular weight is 475 g/mol. The molecular weight excluding hydrogens is 447 g/mol. The van der Waals surface area contributed by atoms with Gasteiger partial charge in [-0.2, -0.15) is 16.2 Å². The molecule has 2 fully saturated rings. The van der Waals surface area contributed by atoms with E-state index in [1.54, 1.807) is 11.8 Å². The smallest absolute Gasteiger partial charge is 0.330 e. The summed E-state index contributed by atoms with van der Waals surface area (Å²) in [6.45, 7) is 0.102. The van der Waals surface area contributed by atoms with Crippen LogP contribution in [0.2, 0.25) is 0 Å². The van der Waals surface area contributed by atoms with Crippen LogP contribution < -0.4 is 17.0 Å². The summed E-state index contributed by atoms with van der Waals surface area (Å²) in [6, 6.07) is -1.44. The molecule has 1 aromatic rings. The third-order valence-electron chi connectivity index (χ3n) is 5.59.